The highest BCUT2D eigenvalue weighted by molar-refractivity contribution is 7.92. The lowest BCUT2D eigenvalue weighted by atomic mass is 10.1. The molecule has 9 nitrogen and oxygen atoms in total. The number of ether oxygens (including phenoxy) is 2. The molecule has 166 valence electrons. The SMILES string of the molecule is CC[C@H](C(=O)Nc1cc(C(=O)OC)cc(C(=O)OC)c1)N(c1ccccc1)S(C)(=O)=O. The normalized spacial score (nSPS) is 11.9. The van der Waals surface area contributed by atoms with Crippen molar-refractivity contribution < 1.29 is 32.3 Å². The first-order valence-corrected chi connectivity index (χ1v) is 11.1. The number of carbonyl (C=O) groups is 3. The molecule has 0 aliphatic carbocycles. The molecule has 2 aromatic carbocycles. The van der Waals surface area contributed by atoms with E-state index >= 15 is 0 Å². The lowest BCUT2D eigenvalue weighted by Gasteiger charge is -2.30. The minimum atomic E-state index is -3.79. The van der Waals surface area contributed by atoms with E-state index in [4.69, 9.17) is 0 Å². The first-order valence-electron chi connectivity index (χ1n) is 9.29. The van der Waals surface area contributed by atoms with Gasteiger partial charge in [-0.05, 0) is 36.8 Å². The Morgan fingerprint density at radius 1 is 0.968 bits per heavy atom. The molecule has 0 aliphatic rings. The number of nitrogens with one attached hydrogen (secondary N) is 1. The van der Waals surface area contributed by atoms with Gasteiger partial charge in [-0.3, -0.25) is 9.10 Å². The molecule has 0 radical (unpaired) electrons. The second kappa shape index (κ2) is 10.1. The number of nitrogens with zero attached hydrogens (tertiary/aromatic N) is 1. The number of esters is 2. The minimum absolute atomic E-state index is 0.0248. The predicted molar refractivity (Wildman–Crippen MR) is 116 cm³/mol. The van der Waals surface area contributed by atoms with Crippen LogP contribution in [-0.4, -0.2) is 52.8 Å². The molecule has 2 aromatic rings. The van der Waals surface area contributed by atoms with Gasteiger partial charge in [0.05, 0.1) is 37.3 Å². The lowest BCUT2D eigenvalue weighted by Crippen LogP contribution is -2.47. The number of methoxy groups -OCH3 is 2. The molecule has 10 heteroatoms. The second-order valence-corrected chi connectivity index (χ2v) is 8.45. The van der Waals surface area contributed by atoms with E-state index in [1.54, 1.807) is 37.3 Å². The highest BCUT2D eigenvalue weighted by Gasteiger charge is 2.31. The van der Waals surface area contributed by atoms with E-state index in [2.05, 4.69) is 14.8 Å². The summed E-state index contributed by atoms with van der Waals surface area (Å²) in [5.41, 5.74) is 0.507. The Morgan fingerprint density at radius 2 is 1.48 bits per heavy atom. The summed E-state index contributed by atoms with van der Waals surface area (Å²) in [6.45, 7) is 1.68. The van der Waals surface area contributed by atoms with E-state index in [0.717, 1.165) is 10.6 Å². The molecule has 1 atom stereocenters. The number of amides is 1. The molecule has 0 bridgehead atoms. The van der Waals surface area contributed by atoms with Crippen LogP contribution in [0.5, 0.6) is 0 Å². The van der Waals surface area contributed by atoms with Gasteiger partial charge in [-0.2, -0.15) is 0 Å². The molecule has 31 heavy (non-hydrogen) atoms. The fraction of sp³-hybridized carbons (Fsp3) is 0.286. The maximum atomic E-state index is 13.1. The fourth-order valence-electron chi connectivity index (χ4n) is 3.03. The van der Waals surface area contributed by atoms with Crippen LogP contribution < -0.4 is 9.62 Å². The van der Waals surface area contributed by atoms with Crippen molar-refractivity contribution in [1.29, 1.82) is 0 Å². The molecule has 1 amide bonds. The summed E-state index contributed by atoms with van der Waals surface area (Å²) < 4.78 is 35.4. The largest absolute Gasteiger partial charge is 0.465 e. The molecule has 0 fully saturated rings. The minimum Gasteiger partial charge on any atom is -0.465 e. The monoisotopic (exact) mass is 448 g/mol. The van der Waals surface area contributed by atoms with Crippen molar-refractivity contribution in [2.75, 3.05) is 30.1 Å². The van der Waals surface area contributed by atoms with Gasteiger partial charge in [0, 0.05) is 5.69 Å². The van der Waals surface area contributed by atoms with Gasteiger partial charge in [0.2, 0.25) is 15.9 Å². The predicted octanol–water partition coefficient (Wildman–Crippen LogP) is 2.44. The topological polar surface area (TPSA) is 119 Å². The van der Waals surface area contributed by atoms with Crippen molar-refractivity contribution in [2.24, 2.45) is 0 Å². The van der Waals surface area contributed by atoms with E-state index < -0.39 is 33.9 Å². The Hall–Kier alpha value is -3.40. The highest BCUT2D eigenvalue weighted by Crippen LogP contribution is 2.24. The molecular formula is C21H24N2O7S. The van der Waals surface area contributed by atoms with Crippen molar-refractivity contribution in [3.8, 4) is 0 Å². The number of hydrogen-bond acceptors (Lipinski definition) is 7. The van der Waals surface area contributed by atoms with E-state index in [9.17, 15) is 22.8 Å². The molecule has 0 spiro atoms. The van der Waals surface area contributed by atoms with Crippen LogP contribution in [0.4, 0.5) is 11.4 Å². The lowest BCUT2D eigenvalue weighted by molar-refractivity contribution is -0.117. The summed E-state index contributed by atoms with van der Waals surface area (Å²) in [5.74, 6) is -2.06. The van der Waals surface area contributed by atoms with Gasteiger partial charge < -0.3 is 14.8 Å². The third kappa shape index (κ3) is 5.82. The number of carbonyl (C=O) groups excluding carboxylic acids is 3. The summed E-state index contributed by atoms with van der Waals surface area (Å²) in [6, 6.07) is 11.1. The number of hydrogen-bond donors (Lipinski definition) is 1. The third-order valence-corrected chi connectivity index (χ3v) is 5.56. The van der Waals surface area contributed by atoms with E-state index in [1.165, 1.54) is 32.4 Å². The van der Waals surface area contributed by atoms with E-state index in [0.29, 0.717) is 5.69 Å². The number of rotatable bonds is 8. The molecule has 0 aliphatic heterocycles. The highest BCUT2D eigenvalue weighted by atomic mass is 32.2. The van der Waals surface area contributed by atoms with Crippen LogP contribution in [0.2, 0.25) is 0 Å². The van der Waals surface area contributed by atoms with Gasteiger partial charge in [0.25, 0.3) is 0 Å². The molecule has 0 unspecified atom stereocenters. The van der Waals surface area contributed by atoms with Crippen LogP contribution in [0, 0.1) is 0 Å². The zero-order chi connectivity index (χ0) is 23.2. The standard InChI is InChI=1S/C21H24N2O7S/c1-5-18(23(31(4,27)28)17-9-7-6-8-10-17)19(24)22-16-12-14(20(25)29-2)11-15(13-16)21(26)30-3/h6-13,18H,5H2,1-4H3,(H,22,24)/t18-/m1/s1. The fourth-order valence-corrected chi connectivity index (χ4v) is 4.24. The smallest absolute Gasteiger partial charge is 0.337 e. The van der Waals surface area contributed by atoms with Gasteiger partial charge in [0.1, 0.15) is 6.04 Å². The van der Waals surface area contributed by atoms with E-state index in [-0.39, 0.29) is 23.2 Å². The van der Waals surface area contributed by atoms with Gasteiger partial charge in [0.15, 0.2) is 0 Å². The van der Waals surface area contributed by atoms with E-state index in [1.807, 2.05) is 0 Å². The number of para-hydroxylation sites is 1. The second-order valence-electron chi connectivity index (χ2n) is 6.59. The summed E-state index contributed by atoms with van der Waals surface area (Å²) in [4.78, 5) is 37.0. The van der Waals surface area contributed by atoms with Crippen molar-refractivity contribution in [3.05, 3.63) is 59.7 Å². The van der Waals surface area contributed by atoms with Crippen molar-refractivity contribution >= 4 is 39.2 Å². The van der Waals surface area contributed by atoms with Crippen LogP contribution in [-0.2, 0) is 24.3 Å². The maximum Gasteiger partial charge on any atom is 0.337 e. The van der Waals surface area contributed by atoms with Crippen molar-refractivity contribution in [2.45, 2.75) is 19.4 Å². The first kappa shape index (κ1) is 23.9. The molecule has 0 heterocycles. The van der Waals surface area contributed by atoms with Crippen LogP contribution in [0.3, 0.4) is 0 Å². The third-order valence-electron chi connectivity index (χ3n) is 4.38. The van der Waals surface area contributed by atoms with Gasteiger partial charge in [-0.1, -0.05) is 25.1 Å². The van der Waals surface area contributed by atoms with Crippen molar-refractivity contribution in [1.82, 2.24) is 0 Å². The van der Waals surface area contributed by atoms with Crippen LogP contribution in [0.1, 0.15) is 34.1 Å². The van der Waals surface area contributed by atoms with Crippen LogP contribution >= 0.6 is 0 Å². The summed E-state index contributed by atoms with van der Waals surface area (Å²) in [6.07, 6.45) is 1.19. The quantitative estimate of drug-likeness (QED) is 0.616. The zero-order valence-corrected chi connectivity index (χ0v) is 18.4. The summed E-state index contributed by atoms with van der Waals surface area (Å²) in [7, 11) is -1.43. The molecule has 1 N–H and O–H groups in total. The average molecular weight is 448 g/mol. The molecule has 0 saturated carbocycles. The molecule has 0 aromatic heterocycles. The molecular weight excluding hydrogens is 424 g/mol. The summed E-state index contributed by atoms with van der Waals surface area (Å²) >= 11 is 0. The van der Waals surface area contributed by atoms with Crippen LogP contribution in [0.25, 0.3) is 0 Å². The molecule has 0 saturated heterocycles. The van der Waals surface area contributed by atoms with Gasteiger partial charge >= 0.3 is 11.9 Å². The Balaban J connectivity index is 2.45. The Labute approximate surface area is 181 Å². The van der Waals surface area contributed by atoms with Crippen LogP contribution in [0.15, 0.2) is 48.5 Å². The maximum absolute atomic E-state index is 13.1. The Bertz CT molecular complexity index is 1030. The number of sulfonamides is 1. The van der Waals surface area contributed by atoms with Gasteiger partial charge in [-0.15, -0.1) is 0 Å². The van der Waals surface area contributed by atoms with Crippen molar-refractivity contribution in [3.63, 3.8) is 0 Å². The average Bonchev–Trinajstić information content (AvgIpc) is 2.75. The molecule has 2 rings (SSSR count). The Morgan fingerprint density at radius 3 is 1.90 bits per heavy atom. The summed E-state index contributed by atoms with van der Waals surface area (Å²) in [5, 5.41) is 2.59. The number of benzene rings is 2. The Kier molecular flexibility index (Phi) is 7.76. The number of anilines is 2. The first-order chi connectivity index (χ1) is 14.6. The zero-order valence-electron chi connectivity index (χ0n) is 17.6. The van der Waals surface area contributed by atoms with Gasteiger partial charge in [-0.25, -0.2) is 18.0 Å².